The van der Waals surface area contributed by atoms with Gasteiger partial charge in [-0.2, -0.15) is 0 Å². The second-order valence-electron chi connectivity index (χ2n) is 9.82. The first kappa shape index (κ1) is 22.1. The van der Waals surface area contributed by atoms with Crippen LogP contribution >= 0.6 is 11.3 Å². The minimum absolute atomic E-state index is 0.496. The number of anilines is 1. The van der Waals surface area contributed by atoms with Crippen molar-refractivity contribution in [3.8, 4) is 0 Å². The molecule has 0 radical (unpaired) electrons. The maximum Gasteiger partial charge on any atom is 0.0795 e. The second-order valence-corrected chi connectivity index (χ2v) is 10.9. The van der Waals surface area contributed by atoms with E-state index in [0.717, 1.165) is 27.8 Å². The predicted molar refractivity (Wildman–Crippen MR) is 168 cm³/mol. The molecule has 0 bridgehead atoms. The summed E-state index contributed by atoms with van der Waals surface area (Å²) in [4.78, 5) is 0. The molecule has 4 heteroatoms. The first-order valence-corrected chi connectivity index (χ1v) is 13.9. The first-order chi connectivity index (χ1) is 19.3. The van der Waals surface area contributed by atoms with Crippen molar-refractivity contribution >= 4 is 75.5 Å². The molecule has 0 atom stereocenters. The van der Waals surface area contributed by atoms with Gasteiger partial charge in [0.15, 0.2) is 0 Å². The zero-order valence-corrected chi connectivity index (χ0v) is 21.8. The average molecular weight is 518 g/mol. The number of para-hydroxylation sites is 2. The zero-order chi connectivity index (χ0) is 25.9. The molecule has 184 valence electrons. The molecular formula is C35H23N3S. The van der Waals surface area contributed by atoms with Crippen molar-refractivity contribution in [2.24, 2.45) is 0 Å². The summed E-state index contributed by atoms with van der Waals surface area (Å²) in [5.41, 5.74) is 9.18. The third kappa shape index (κ3) is 3.25. The number of benzene rings is 6. The molecule has 39 heavy (non-hydrogen) atoms. The van der Waals surface area contributed by atoms with Crippen LogP contribution in [0.4, 0.5) is 5.69 Å². The fraction of sp³-hybridized carbons (Fsp3) is 0. The Hall–Kier alpha value is -4.93. The summed E-state index contributed by atoms with van der Waals surface area (Å²) in [7, 11) is 0. The molecule has 0 aliphatic rings. The normalized spacial score (nSPS) is 11.7. The Morgan fingerprint density at radius 1 is 0.590 bits per heavy atom. The molecule has 0 saturated carbocycles. The highest BCUT2D eigenvalue weighted by Crippen LogP contribution is 2.47. The summed E-state index contributed by atoms with van der Waals surface area (Å²) in [6, 6.07) is 44.2. The van der Waals surface area contributed by atoms with Gasteiger partial charge in [-0.05, 0) is 18.2 Å². The Morgan fingerprint density at radius 3 is 2.08 bits per heavy atom. The van der Waals surface area contributed by atoms with E-state index in [1.54, 1.807) is 0 Å². The number of fused-ring (bicyclic) bond motifs is 10. The van der Waals surface area contributed by atoms with E-state index in [1.165, 1.54) is 41.7 Å². The van der Waals surface area contributed by atoms with Gasteiger partial charge in [0.2, 0.25) is 0 Å². The van der Waals surface area contributed by atoms with Gasteiger partial charge in [0, 0.05) is 52.8 Å². The van der Waals surface area contributed by atoms with E-state index >= 15 is 0 Å². The molecule has 2 aromatic heterocycles. The lowest BCUT2D eigenvalue weighted by atomic mass is 10.00. The van der Waals surface area contributed by atoms with Crippen LogP contribution in [0.2, 0.25) is 0 Å². The van der Waals surface area contributed by atoms with Gasteiger partial charge in [-0.15, -0.1) is 11.3 Å². The summed E-state index contributed by atoms with van der Waals surface area (Å²) in [6.45, 7) is 0. The predicted octanol–water partition coefficient (Wildman–Crippen LogP) is 9.61. The van der Waals surface area contributed by atoms with E-state index < -0.39 is 0 Å². The van der Waals surface area contributed by atoms with Crippen LogP contribution in [0.3, 0.4) is 0 Å². The number of hydrogen-bond donors (Lipinski definition) is 2. The van der Waals surface area contributed by atoms with Crippen LogP contribution in [0.5, 0.6) is 0 Å². The average Bonchev–Trinajstić information content (AvgIpc) is 3.54. The van der Waals surface area contributed by atoms with Crippen molar-refractivity contribution in [1.29, 1.82) is 5.41 Å². The monoisotopic (exact) mass is 517 g/mol. The molecular weight excluding hydrogens is 494 g/mol. The quantitative estimate of drug-likeness (QED) is 0.224. The zero-order valence-electron chi connectivity index (χ0n) is 21.0. The van der Waals surface area contributed by atoms with Gasteiger partial charge in [0.05, 0.1) is 22.4 Å². The summed E-state index contributed by atoms with van der Waals surface area (Å²) in [5.74, 6) is 0. The summed E-state index contributed by atoms with van der Waals surface area (Å²) in [5, 5.41) is 16.6. The molecule has 0 unspecified atom stereocenters. The Kier molecular flexibility index (Phi) is 4.84. The van der Waals surface area contributed by atoms with Crippen molar-refractivity contribution in [2.75, 3.05) is 5.43 Å². The standard InChI is InChI=1S/C35H23N3S/c36-33(22-12-2-1-3-13-22)25-16-6-9-19-28(25)37-38-29-20-10-7-17-26(29)31-32-27-18-8-11-21-30(27)39-35(32)24-15-5-4-14-23(24)34(31)38/h1-21,36-37H. The highest BCUT2D eigenvalue weighted by molar-refractivity contribution is 7.27. The molecule has 2 N–H and O–H groups in total. The van der Waals surface area contributed by atoms with Crippen LogP contribution in [-0.4, -0.2) is 10.4 Å². The van der Waals surface area contributed by atoms with Crippen LogP contribution in [0, 0.1) is 5.41 Å². The van der Waals surface area contributed by atoms with Gasteiger partial charge in [-0.3, -0.25) is 15.5 Å². The minimum Gasteiger partial charge on any atom is -0.300 e. The lowest BCUT2D eigenvalue weighted by Crippen LogP contribution is -2.13. The van der Waals surface area contributed by atoms with Crippen LogP contribution < -0.4 is 5.43 Å². The van der Waals surface area contributed by atoms with Crippen LogP contribution in [0.15, 0.2) is 127 Å². The lowest BCUT2D eigenvalue weighted by Gasteiger charge is -2.17. The minimum atomic E-state index is 0.496. The first-order valence-electron chi connectivity index (χ1n) is 13.0. The second kappa shape index (κ2) is 8.55. The van der Waals surface area contributed by atoms with Gasteiger partial charge >= 0.3 is 0 Å². The third-order valence-electron chi connectivity index (χ3n) is 7.64. The molecule has 0 fully saturated rings. The SMILES string of the molecule is N=C(c1ccccc1)c1ccccc1Nn1c2ccccc2c2c3c4ccccc4sc3c3ccccc3c21. The number of nitrogens with one attached hydrogen (secondary N) is 2. The van der Waals surface area contributed by atoms with Crippen molar-refractivity contribution in [3.63, 3.8) is 0 Å². The maximum atomic E-state index is 9.03. The molecule has 0 aliphatic heterocycles. The Morgan fingerprint density at radius 2 is 1.23 bits per heavy atom. The Labute approximate surface area is 229 Å². The van der Waals surface area contributed by atoms with Crippen LogP contribution in [-0.2, 0) is 0 Å². The van der Waals surface area contributed by atoms with Gasteiger partial charge < -0.3 is 0 Å². The van der Waals surface area contributed by atoms with E-state index in [1.807, 2.05) is 59.9 Å². The molecule has 0 saturated heterocycles. The van der Waals surface area contributed by atoms with E-state index in [4.69, 9.17) is 5.41 Å². The van der Waals surface area contributed by atoms with Gasteiger partial charge in [-0.25, -0.2) is 0 Å². The highest BCUT2D eigenvalue weighted by Gasteiger charge is 2.21. The number of aromatic nitrogens is 1. The molecule has 3 nitrogen and oxygen atoms in total. The van der Waals surface area contributed by atoms with Crippen molar-refractivity contribution in [3.05, 3.63) is 139 Å². The third-order valence-corrected chi connectivity index (χ3v) is 8.84. The van der Waals surface area contributed by atoms with Gasteiger partial charge in [-0.1, -0.05) is 109 Å². The summed E-state index contributed by atoms with van der Waals surface area (Å²) < 4.78 is 4.86. The summed E-state index contributed by atoms with van der Waals surface area (Å²) in [6.07, 6.45) is 0. The molecule has 8 aromatic rings. The number of nitrogens with zero attached hydrogens (tertiary/aromatic N) is 1. The highest BCUT2D eigenvalue weighted by atomic mass is 32.1. The fourth-order valence-electron chi connectivity index (χ4n) is 5.91. The molecule has 0 aliphatic carbocycles. The number of hydrogen-bond acceptors (Lipinski definition) is 3. The molecule has 2 heterocycles. The lowest BCUT2D eigenvalue weighted by molar-refractivity contribution is 1.06. The molecule has 6 aromatic carbocycles. The van der Waals surface area contributed by atoms with Crippen LogP contribution in [0.25, 0.3) is 52.8 Å². The number of thiophene rings is 1. The molecule has 0 amide bonds. The van der Waals surface area contributed by atoms with Crippen molar-refractivity contribution in [2.45, 2.75) is 0 Å². The topological polar surface area (TPSA) is 40.8 Å². The smallest absolute Gasteiger partial charge is 0.0795 e. The largest absolute Gasteiger partial charge is 0.300 e. The van der Waals surface area contributed by atoms with E-state index in [0.29, 0.717) is 5.71 Å². The Bertz CT molecular complexity index is 2220. The summed E-state index contributed by atoms with van der Waals surface area (Å²) >= 11 is 1.87. The molecule has 8 rings (SSSR count). The van der Waals surface area contributed by atoms with Gasteiger partial charge in [0.25, 0.3) is 0 Å². The maximum absolute atomic E-state index is 9.03. The van der Waals surface area contributed by atoms with E-state index in [2.05, 4.69) is 89.0 Å². The number of rotatable bonds is 4. The van der Waals surface area contributed by atoms with Crippen molar-refractivity contribution < 1.29 is 0 Å². The Balaban J connectivity index is 1.48. The van der Waals surface area contributed by atoms with Crippen molar-refractivity contribution in [1.82, 2.24) is 4.68 Å². The fourth-order valence-corrected chi connectivity index (χ4v) is 7.16. The van der Waals surface area contributed by atoms with Crippen LogP contribution in [0.1, 0.15) is 11.1 Å². The van der Waals surface area contributed by atoms with E-state index in [9.17, 15) is 0 Å². The van der Waals surface area contributed by atoms with Gasteiger partial charge in [0.1, 0.15) is 0 Å². The molecule has 0 spiro atoms. The van der Waals surface area contributed by atoms with E-state index in [-0.39, 0.29) is 0 Å².